The van der Waals surface area contributed by atoms with Crippen molar-refractivity contribution in [2.45, 2.75) is 20.3 Å². The Hall–Kier alpha value is -2.67. The number of urea groups is 1. The van der Waals surface area contributed by atoms with Crippen LogP contribution in [0.5, 0.6) is 0 Å². The highest BCUT2D eigenvalue weighted by Gasteiger charge is 2.14. The van der Waals surface area contributed by atoms with Crippen molar-refractivity contribution in [3.8, 4) is 22.2 Å². The van der Waals surface area contributed by atoms with Crippen LogP contribution >= 0.6 is 11.3 Å². The van der Waals surface area contributed by atoms with Crippen LogP contribution in [0.15, 0.2) is 40.2 Å². The van der Waals surface area contributed by atoms with Crippen molar-refractivity contribution in [2.75, 3.05) is 11.9 Å². The standard InChI is InChI=1S/C17H18N4O2S/c1-3-8-18-17(22)19-13-6-4-5-12(10-13)15-20-16(23-21-15)14-11(2)7-9-24-14/h4-7,9-10H,3,8H2,1-2H3,(H2,18,19,22). The molecule has 0 bridgehead atoms. The molecule has 7 heteroatoms. The summed E-state index contributed by atoms with van der Waals surface area (Å²) in [6.07, 6.45) is 0.890. The van der Waals surface area contributed by atoms with Crippen LogP contribution in [-0.4, -0.2) is 22.7 Å². The zero-order chi connectivity index (χ0) is 16.9. The van der Waals surface area contributed by atoms with Gasteiger partial charge < -0.3 is 15.2 Å². The quantitative estimate of drug-likeness (QED) is 0.724. The first kappa shape index (κ1) is 16.2. The molecule has 0 spiro atoms. The number of amides is 2. The van der Waals surface area contributed by atoms with Gasteiger partial charge in [-0.05, 0) is 42.5 Å². The number of nitrogens with one attached hydrogen (secondary N) is 2. The molecule has 0 aliphatic heterocycles. The highest BCUT2D eigenvalue weighted by molar-refractivity contribution is 7.13. The van der Waals surface area contributed by atoms with E-state index in [1.807, 2.05) is 49.6 Å². The minimum Gasteiger partial charge on any atom is -0.338 e. The first-order valence-electron chi connectivity index (χ1n) is 7.71. The highest BCUT2D eigenvalue weighted by atomic mass is 32.1. The van der Waals surface area contributed by atoms with Crippen molar-refractivity contribution in [3.05, 3.63) is 41.3 Å². The molecule has 0 radical (unpaired) electrons. The molecule has 0 fully saturated rings. The van der Waals surface area contributed by atoms with Gasteiger partial charge in [-0.3, -0.25) is 0 Å². The minimum absolute atomic E-state index is 0.225. The summed E-state index contributed by atoms with van der Waals surface area (Å²) in [5.74, 6) is 1.01. The summed E-state index contributed by atoms with van der Waals surface area (Å²) in [4.78, 5) is 17.2. The number of aryl methyl sites for hydroxylation is 1. The van der Waals surface area contributed by atoms with E-state index in [4.69, 9.17) is 4.52 Å². The maximum Gasteiger partial charge on any atom is 0.319 e. The topological polar surface area (TPSA) is 80.0 Å². The summed E-state index contributed by atoms with van der Waals surface area (Å²) >= 11 is 1.57. The number of benzene rings is 1. The number of nitrogens with zero attached hydrogens (tertiary/aromatic N) is 2. The molecule has 0 atom stereocenters. The number of rotatable bonds is 5. The predicted molar refractivity (Wildman–Crippen MR) is 95.1 cm³/mol. The minimum atomic E-state index is -0.225. The first-order chi connectivity index (χ1) is 11.7. The predicted octanol–water partition coefficient (Wildman–Crippen LogP) is 4.31. The van der Waals surface area contributed by atoms with Crippen molar-refractivity contribution in [3.63, 3.8) is 0 Å². The van der Waals surface area contributed by atoms with Crippen molar-refractivity contribution < 1.29 is 9.32 Å². The Morgan fingerprint density at radius 2 is 2.21 bits per heavy atom. The van der Waals surface area contributed by atoms with Gasteiger partial charge >= 0.3 is 6.03 Å². The number of aromatic nitrogens is 2. The fourth-order valence-electron chi connectivity index (χ4n) is 2.17. The number of thiophene rings is 1. The lowest BCUT2D eigenvalue weighted by atomic mass is 10.2. The number of anilines is 1. The summed E-state index contributed by atoms with van der Waals surface area (Å²) in [6, 6.07) is 9.16. The molecule has 2 aromatic heterocycles. The Balaban J connectivity index is 1.78. The SMILES string of the molecule is CCCNC(=O)Nc1cccc(-c2noc(-c3sccc3C)n2)c1. The normalized spacial score (nSPS) is 10.6. The van der Waals surface area contributed by atoms with Gasteiger partial charge in [-0.1, -0.05) is 24.2 Å². The Morgan fingerprint density at radius 3 is 2.96 bits per heavy atom. The molecule has 2 heterocycles. The molecule has 3 aromatic rings. The summed E-state index contributed by atoms with van der Waals surface area (Å²) in [6.45, 7) is 4.65. The lowest BCUT2D eigenvalue weighted by molar-refractivity contribution is 0.252. The van der Waals surface area contributed by atoms with Crippen LogP contribution < -0.4 is 10.6 Å². The molecule has 0 aliphatic carbocycles. The number of hydrogen-bond acceptors (Lipinski definition) is 5. The second-order valence-electron chi connectivity index (χ2n) is 5.32. The van der Waals surface area contributed by atoms with Gasteiger partial charge in [0.15, 0.2) is 0 Å². The Bertz CT molecular complexity index is 840. The second kappa shape index (κ2) is 7.27. The van der Waals surface area contributed by atoms with E-state index in [9.17, 15) is 4.79 Å². The summed E-state index contributed by atoms with van der Waals surface area (Å²) < 4.78 is 5.37. The molecule has 124 valence electrons. The maximum absolute atomic E-state index is 11.7. The van der Waals surface area contributed by atoms with E-state index in [0.717, 1.165) is 22.4 Å². The van der Waals surface area contributed by atoms with Gasteiger partial charge in [0.2, 0.25) is 5.82 Å². The van der Waals surface area contributed by atoms with E-state index in [1.165, 1.54) is 0 Å². The molecule has 0 unspecified atom stereocenters. The number of carbonyl (C=O) groups is 1. The third kappa shape index (κ3) is 3.62. The van der Waals surface area contributed by atoms with Crippen molar-refractivity contribution in [1.29, 1.82) is 0 Å². The average Bonchev–Trinajstić information content (AvgIpc) is 3.22. The molecule has 0 saturated heterocycles. The van der Waals surface area contributed by atoms with Gasteiger partial charge in [0.05, 0.1) is 4.88 Å². The van der Waals surface area contributed by atoms with E-state index >= 15 is 0 Å². The Morgan fingerprint density at radius 1 is 1.33 bits per heavy atom. The summed E-state index contributed by atoms with van der Waals surface area (Å²) in [5, 5.41) is 11.6. The highest BCUT2D eigenvalue weighted by Crippen LogP contribution is 2.29. The summed E-state index contributed by atoms with van der Waals surface area (Å²) in [7, 11) is 0. The number of carbonyl (C=O) groups excluding carboxylic acids is 1. The molecule has 0 saturated carbocycles. The molecule has 2 amide bonds. The van der Waals surface area contributed by atoms with Gasteiger partial charge in [-0.15, -0.1) is 11.3 Å². The van der Waals surface area contributed by atoms with Gasteiger partial charge in [0.25, 0.3) is 5.89 Å². The number of hydrogen-bond donors (Lipinski definition) is 2. The van der Waals surface area contributed by atoms with Crippen LogP contribution in [0.25, 0.3) is 22.2 Å². The largest absolute Gasteiger partial charge is 0.338 e. The zero-order valence-electron chi connectivity index (χ0n) is 13.5. The monoisotopic (exact) mass is 342 g/mol. The van der Waals surface area contributed by atoms with Crippen LogP contribution in [0.4, 0.5) is 10.5 Å². The lowest BCUT2D eigenvalue weighted by Gasteiger charge is -2.07. The van der Waals surface area contributed by atoms with Crippen LogP contribution in [0.2, 0.25) is 0 Å². The second-order valence-corrected chi connectivity index (χ2v) is 6.23. The third-order valence-electron chi connectivity index (χ3n) is 3.40. The lowest BCUT2D eigenvalue weighted by Crippen LogP contribution is -2.29. The van der Waals surface area contributed by atoms with E-state index in [0.29, 0.717) is 23.9 Å². The van der Waals surface area contributed by atoms with E-state index in [2.05, 4.69) is 20.8 Å². The van der Waals surface area contributed by atoms with Gasteiger partial charge in [0, 0.05) is 17.8 Å². The van der Waals surface area contributed by atoms with Crippen LogP contribution in [0, 0.1) is 6.92 Å². The zero-order valence-corrected chi connectivity index (χ0v) is 14.3. The Kier molecular flexibility index (Phi) is 4.90. The molecule has 2 N–H and O–H groups in total. The van der Waals surface area contributed by atoms with Gasteiger partial charge in [-0.25, -0.2) is 4.79 Å². The molecule has 1 aromatic carbocycles. The molecule has 24 heavy (non-hydrogen) atoms. The first-order valence-corrected chi connectivity index (χ1v) is 8.59. The Labute approximate surface area is 143 Å². The van der Waals surface area contributed by atoms with Gasteiger partial charge in [0.1, 0.15) is 0 Å². The fourth-order valence-corrected chi connectivity index (χ4v) is 3.02. The average molecular weight is 342 g/mol. The van der Waals surface area contributed by atoms with Crippen molar-refractivity contribution in [1.82, 2.24) is 15.5 Å². The van der Waals surface area contributed by atoms with Crippen LogP contribution in [0.3, 0.4) is 0 Å². The smallest absolute Gasteiger partial charge is 0.319 e. The molecule has 6 nitrogen and oxygen atoms in total. The molecule has 3 rings (SSSR count). The van der Waals surface area contributed by atoms with Gasteiger partial charge in [-0.2, -0.15) is 4.98 Å². The van der Waals surface area contributed by atoms with E-state index in [1.54, 1.807) is 11.3 Å². The van der Waals surface area contributed by atoms with Crippen molar-refractivity contribution >= 4 is 23.1 Å². The third-order valence-corrected chi connectivity index (χ3v) is 4.40. The van der Waals surface area contributed by atoms with Crippen LogP contribution in [0.1, 0.15) is 18.9 Å². The van der Waals surface area contributed by atoms with E-state index in [-0.39, 0.29) is 6.03 Å². The maximum atomic E-state index is 11.7. The molecular weight excluding hydrogens is 324 g/mol. The molecular formula is C17H18N4O2S. The summed E-state index contributed by atoms with van der Waals surface area (Å²) in [5.41, 5.74) is 2.57. The van der Waals surface area contributed by atoms with Crippen molar-refractivity contribution in [2.24, 2.45) is 0 Å². The van der Waals surface area contributed by atoms with E-state index < -0.39 is 0 Å². The molecule has 0 aliphatic rings. The fraction of sp³-hybridized carbons (Fsp3) is 0.235. The van der Waals surface area contributed by atoms with Crippen LogP contribution in [-0.2, 0) is 0 Å².